The van der Waals surface area contributed by atoms with Gasteiger partial charge in [-0.1, -0.05) is 12.1 Å². The van der Waals surface area contributed by atoms with E-state index in [9.17, 15) is 9.59 Å². The Balaban J connectivity index is 2.47. The number of benzene rings is 2. The van der Waals surface area contributed by atoms with Crippen LogP contribution in [0.4, 0.5) is 5.69 Å². The Kier molecular flexibility index (Phi) is 6.46. The Hall–Kier alpha value is -2.74. The molecule has 1 amide bonds. The topological polar surface area (TPSA) is 83.1 Å². The van der Waals surface area contributed by atoms with Gasteiger partial charge in [-0.3, -0.25) is 4.79 Å². The number of rotatable bonds is 6. The summed E-state index contributed by atoms with van der Waals surface area (Å²) < 4.78 is 21.0. The zero-order valence-corrected chi connectivity index (χ0v) is 16.3. The van der Waals surface area contributed by atoms with Crippen LogP contribution in [0.1, 0.15) is 20.7 Å². The van der Waals surface area contributed by atoms with Crippen molar-refractivity contribution >= 4 is 33.5 Å². The molecule has 8 heteroatoms. The zero-order chi connectivity index (χ0) is 19.3. The van der Waals surface area contributed by atoms with Gasteiger partial charge in [0.15, 0.2) is 11.5 Å². The molecule has 7 nitrogen and oxygen atoms in total. The number of hydrogen-bond donors (Lipinski definition) is 1. The number of methoxy groups -OCH3 is 4. The molecule has 0 radical (unpaired) electrons. The molecule has 0 heterocycles. The van der Waals surface area contributed by atoms with Crippen LogP contribution in [0, 0.1) is 0 Å². The molecule has 0 saturated heterocycles. The molecular weight excluding hydrogens is 406 g/mol. The molecular formula is C18H18BrNO6. The fourth-order valence-corrected chi connectivity index (χ4v) is 2.99. The van der Waals surface area contributed by atoms with Crippen LogP contribution in [0.25, 0.3) is 0 Å². The van der Waals surface area contributed by atoms with Crippen LogP contribution in [-0.2, 0) is 4.74 Å². The van der Waals surface area contributed by atoms with Gasteiger partial charge >= 0.3 is 5.97 Å². The number of nitrogens with one attached hydrogen (secondary N) is 1. The van der Waals surface area contributed by atoms with Crippen LogP contribution < -0.4 is 19.5 Å². The number of para-hydroxylation sites is 1. The first-order valence-electron chi connectivity index (χ1n) is 7.45. The van der Waals surface area contributed by atoms with E-state index in [1.165, 1.54) is 34.5 Å². The summed E-state index contributed by atoms with van der Waals surface area (Å²) in [5.74, 6) is -0.0112. The summed E-state index contributed by atoms with van der Waals surface area (Å²) in [6.07, 6.45) is 0. The smallest absolute Gasteiger partial charge is 0.339 e. The van der Waals surface area contributed by atoms with Crippen molar-refractivity contribution in [3.8, 4) is 17.2 Å². The first-order chi connectivity index (χ1) is 12.5. The fraction of sp³-hybridized carbons (Fsp3) is 0.222. The van der Waals surface area contributed by atoms with E-state index >= 15 is 0 Å². The Morgan fingerprint density at radius 3 is 2.15 bits per heavy atom. The van der Waals surface area contributed by atoms with E-state index in [0.29, 0.717) is 27.4 Å². The monoisotopic (exact) mass is 423 g/mol. The van der Waals surface area contributed by atoms with Crippen molar-refractivity contribution in [3.05, 3.63) is 45.9 Å². The third-order valence-electron chi connectivity index (χ3n) is 3.59. The molecule has 2 aromatic rings. The lowest BCUT2D eigenvalue weighted by molar-refractivity contribution is 0.0602. The molecule has 0 spiro atoms. The summed E-state index contributed by atoms with van der Waals surface area (Å²) in [5.41, 5.74) is 0.816. The average molecular weight is 424 g/mol. The predicted molar refractivity (Wildman–Crippen MR) is 99.5 cm³/mol. The van der Waals surface area contributed by atoms with Crippen molar-refractivity contribution in [2.24, 2.45) is 0 Å². The molecule has 0 aliphatic carbocycles. The lowest BCUT2D eigenvalue weighted by atomic mass is 10.1. The summed E-state index contributed by atoms with van der Waals surface area (Å²) in [7, 11) is 5.66. The van der Waals surface area contributed by atoms with Crippen molar-refractivity contribution in [2.75, 3.05) is 33.8 Å². The second-order valence-electron chi connectivity index (χ2n) is 5.00. The molecule has 2 rings (SSSR count). The van der Waals surface area contributed by atoms with E-state index in [-0.39, 0.29) is 11.1 Å². The molecule has 0 aliphatic heterocycles. The van der Waals surface area contributed by atoms with E-state index in [1.807, 2.05) is 0 Å². The van der Waals surface area contributed by atoms with E-state index in [4.69, 9.17) is 18.9 Å². The highest BCUT2D eigenvalue weighted by molar-refractivity contribution is 9.10. The predicted octanol–water partition coefficient (Wildman–Crippen LogP) is 3.51. The van der Waals surface area contributed by atoms with Crippen LogP contribution >= 0.6 is 15.9 Å². The second-order valence-corrected chi connectivity index (χ2v) is 5.79. The van der Waals surface area contributed by atoms with Gasteiger partial charge in [-0.2, -0.15) is 0 Å². The minimum atomic E-state index is -0.551. The van der Waals surface area contributed by atoms with Crippen LogP contribution in [0.5, 0.6) is 17.2 Å². The lowest BCUT2D eigenvalue weighted by Crippen LogP contribution is -2.16. The molecule has 0 fully saturated rings. The van der Waals surface area contributed by atoms with Crippen molar-refractivity contribution < 1.29 is 28.5 Å². The maximum absolute atomic E-state index is 12.8. The van der Waals surface area contributed by atoms with Crippen LogP contribution in [0.15, 0.2) is 34.8 Å². The summed E-state index contributed by atoms with van der Waals surface area (Å²) in [6.45, 7) is 0. The molecule has 1 N–H and O–H groups in total. The Morgan fingerprint density at radius 2 is 1.58 bits per heavy atom. The third-order valence-corrected chi connectivity index (χ3v) is 4.38. The Morgan fingerprint density at radius 1 is 0.923 bits per heavy atom. The third kappa shape index (κ3) is 3.75. The number of carbonyl (C=O) groups is 2. The van der Waals surface area contributed by atoms with Crippen LogP contribution in [0.3, 0.4) is 0 Å². The number of carbonyl (C=O) groups excluding carboxylic acids is 2. The number of ether oxygens (including phenoxy) is 4. The largest absolute Gasteiger partial charge is 0.493 e. The van der Waals surface area contributed by atoms with E-state index in [0.717, 1.165) is 0 Å². The van der Waals surface area contributed by atoms with Gasteiger partial charge in [0, 0.05) is 0 Å². The second kappa shape index (κ2) is 8.57. The number of anilines is 1. The van der Waals surface area contributed by atoms with Gasteiger partial charge in [0.05, 0.1) is 49.7 Å². The molecule has 0 bridgehead atoms. The molecule has 138 valence electrons. The van der Waals surface area contributed by atoms with E-state index in [1.54, 1.807) is 24.3 Å². The maximum Gasteiger partial charge on any atom is 0.339 e. The highest BCUT2D eigenvalue weighted by Gasteiger charge is 2.24. The van der Waals surface area contributed by atoms with Gasteiger partial charge in [0.2, 0.25) is 5.75 Å². The van der Waals surface area contributed by atoms with Crippen LogP contribution in [-0.4, -0.2) is 40.3 Å². The van der Waals surface area contributed by atoms with Crippen molar-refractivity contribution in [3.63, 3.8) is 0 Å². The Bertz CT molecular complexity index is 837. The summed E-state index contributed by atoms with van der Waals surface area (Å²) in [6, 6.07) is 8.06. The summed E-state index contributed by atoms with van der Waals surface area (Å²) >= 11 is 3.36. The molecule has 0 unspecified atom stereocenters. The number of esters is 1. The minimum Gasteiger partial charge on any atom is -0.493 e. The fourth-order valence-electron chi connectivity index (χ4n) is 2.36. The van der Waals surface area contributed by atoms with Crippen LogP contribution in [0.2, 0.25) is 0 Å². The van der Waals surface area contributed by atoms with Crippen molar-refractivity contribution in [2.45, 2.75) is 0 Å². The summed E-state index contributed by atoms with van der Waals surface area (Å²) in [4.78, 5) is 24.7. The molecule has 0 aromatic heterocycles. The molecule has 26 heavy (non-hydrogen) atoms. The quantitative estimate of drug-likeness (QED) is 0.715. The highest BCUT2D eigenvalue weighted by Crippen LogP contribution is 2.44. The van der Waals surface area contributed by atoms with Gasteiger partial charge in [-0.05, 0) is 34.1 Å². The molecule has 0 aliphatic rings. The maximum atomic E-state index is 12.8. The minimum absolute atomic E-state index is 0.243. The van der Waals surface area contributed by atoms with E-state index in [2.05, 4.69) is 21.2 Å². The average Bonchev–Trinajstić information content (AvgIpc) is 2.67. The number of hydrogen-bond acceptors (Lipinski definition) is 6. The number of halogens is 1. The lowest BCUT2D eigenvalue weighted by Gasteiger charge is -2.17. The molecule has 0 atom stereocenters. The van der Waals surface area contributed by atoms with Gasteiger partial charge in [-0.15, -0.1) is 0 Å². The normalized spacial score (nSPS) is 10.0. The standard InChI is InChI=1S/C18H18BrNO6/c1-23-13-9-11(14(19)16(25-3)15(13)24-2)17(21)20-12-8-6-5-7-10(12)18(22)26-4/h5-9H,1-4H3,(H,20,21). The molecule has 0 saturated carbocycles. The molecule has 2 aromatic carbocycles. The van der Waals surface area contributed by atoms with Crippen molar-refractivity contribution in [1.29, 1.82) is 0 Å². The first-order valence-corrected chi connectivity index (χ1v) is 8.24. The first kappa shape index (κ1) is 19.6. The van der Waals surface area contributed by atoms with Crippen molar-refractivity contribution in [1.82, 2.24) is 0 Å². The highest BCUT2D eigenvalue weighted by atomic mass is 79.9. The SMILES string of the molecule is COC(=O)c1ccccc1NC(=O)c1cc(OC)c(OC)c(OC)c1Br. The Labute approximate surface area is 159 Å². The zero-order valence-electron chi connectivity index (χ0n) is 14.7. The van der Waals surface area contributed by atoms with Gasteiger partial charge in [0.25, 0.3) is 5.91 Å². The van der Waals surface area contributed by atoms with Gasteiger partial charge in [0.1, 0.15) is 0 Å². The van der Waals surface area contributed by atoms with E-state index < -0.39 is 11.9 Å². The van der Waals surface area contributed by atoms with Gasteiger partial charge in [-0.25, -0.2) is 4.79 Å². The van der Waals surface area contributed by atoms with Gasteiger partial charge < -0.3 is 24.3 Å². The number of amides is 1. The summed E-state index contributed by atoms with van der Waals surface area (Å²) in [5, 5.41) is 2.70.